The van der Waals surface area contributed by atoms with Crippen molar-refractivity contribution < 1.29 is 14.1 Å². The number of para-hydroxylation sites is 2. The number of carbonyl (C=O) groups is 1. The van der Waals surface area contributed by atoms with Crippen LogP contribution in [-0.2, 0) is 16.8 Å². The molecule has 0 atom stereocenters. The predicted molar refractivity (Wildman–Crippen MR) is 103 cm³/mol. The summed E-state index contributed by atoms with van der Waals surface area (Å²) >= 11 is 0. The number of anilines is 1. The molecule has 0 aliphatic carbocycles. The summed E-state index contributed by atoms with van der Waals surface area (Å²) in [4.78, 5) is 19.3. The molecule has 0 spiro atoms. The van der Waals surface area contributed by atoms with Gasteiger partial charge >= 0.3 is 0 Å². The van der Waals surface area contributed by atoms with Crippen LogP contribution in [-0.4, -0.2) is 41.1 Å². The number of hydrogen-bond acceptors (Lipinski definition) is 6. The van der Waals surface area contributed by atoms with Crippen LogP contribution in [0.2, 0.25) is 0 Å². The lowest BCUT2D eigenvalue weighted by Crippen LogP contribution is -2.38. The van der Waals surface area contributed by atoms with Crippen molar-refractivity contribution in [2.24, 2.45) is 5.92 Å². The van der Waals surface area contributed by atoms with Gasteiger partial charge in [0.15, 0.2) is 5.82 Å². The van der Waals surface area contributed by atoms with Gasteiger partial charge in [0.1, 0.15) is 5.75 Å². The van der Waals surface area contributed by atoms with E-state index in [4.69, 9.17) is 9.26 Å². The van der Waals surface area contributed by atoms with E-state index in [-0.39, 0.29) is 17.2 Å². The van der Waals surface area contributed by atoms with E-state index in [0.29, 0.717) is 29.7 Å². The van der Waals surface area contributed by atoms with E-state index in [2.05, 4.69) is 41.1 Å². The van der Waals surface area contributed by atoms with Gasteiger partial charge in [-0.25, -0.2) is 0 Å². The third kappa shape index (κ3) is 4.86. The van der Waals surface area contributed by atoms with Crippen molar-refractivity contribution in [3.05, 3.63) is 36.0 Å². The number of piperidine rings is 1. The van der Waals surface area contributed by atoms with Crippen LogP contribution in [0, 0.1) is 5.92 Å². The molecule has 1 saturated heterocycles. The van der Waals surface area contributed by atoms with Crippen LogP contribution in [0.3, 0.4) is 0 Å². The summed E-state index contributed by atoms with van der Waals surface area (Å²) in [5.41, 5.74) is 0.573. The summed E-state index contributed by atoms with van der Waals surface area (Å²) < 4.78 is 10.7. The van der Waals surface area contributed by atoms with Crippen molar-refractivity contribution in [3.63, 3.8) is 0 Å². The van der Waals surface area contributed by atoms with Gasteiger partial charge in [-0.2, -0.15) is 4.98 Å². The molecule has 1 aromatic carbocycles. The number of hydrogen-bond donors (Lipinski definition) is 1. The van der Waals surface area contributed by atoms with E-state index < -0.39 is 0 Å². The Morgan fingerprint density at radius 2 is 2.00 bits per heavy atom. The molecule has 1 fully saturated rings. The fraction of sp³-hybridized carbons (Fsp3) is 0.550. The first-order chi connectivity index (χ1) is 12.9. The Hall–Kier alpha value is -2.41. The van der Waals surface area contributed by atoms with Crippen LogP contribution in [0.4, 0.5) is 5.69 Å². The SMILES string of the molecule is COc1ccccc1NC(=O)C1CCN(Cc2noc(C(C)(C)C)n2)CC1. The summed E-state index contributed by atoms with van der Waals surface area (Å²) in [6.07, 6.45) is 1.62. The van der Waals surface area contributed by atoms with Gasteiger partial charge in [-0.05, 0) is 38.1 Å². The van der Waals surface area contributed by atoms with Crippen LogP contribution in [0.5, 0.6) is 5.75 Å². The van der Waals surface area contributed by atoms with Crippen molar-refractivity contribution in [2.45, 2.75) is 45.6 Å². The molecule has 2 heterocycles. The van der Waals surface area contributed by atoms with Crippen molar-refractivity contribution in [3.8, 4) is 5.75 Å². The molecule has 1 aromatic heterocycles. The summed E-state index contributed by atoms with van der Waals surface area (Å²) in [6, 6.07) is 7.47. The molecule has 146 valence electrons. The minimum absolute atomic E-state index is 0.00145. The largest absolute Gasteiger partial charge is 0.495 e. The van der Waals surface area contributed by atoms with Crippen LogP contribution < -0.4 is 10.1 Å². The van der Waals surface area contributed by atoms with Gasteiger partial charge in [0.25, 0.3) is 0 Å². The fourth-order valence-corrected chi connectivity index (χ4v) is 3.16. The summed E-state index contributed by atoms with van der Waals surface area (Å²) in [5.74, 6) is 2.09. The number of amides is 1. The molecule has 3 rings (SSSR count). The number of ether oxygens (including phenoxy) is 1. The van der Waals surface area contributed by atoms with Crippen molar-refractivity contribution in [1.29, 1.82) is 0 Å². The highest BCUT2D eigenvalue weighted by molar-refractivity contribution is 5.94. The predicted octanol–water partition coefficient (Wildman–Crippen LogP) is 3.23. The van der Waals surface area contributed by atoms with Gasteiger partial charge < -0.3 is 14.6 Å². The number of rotatable bonds is 5. The monoisotopic (exact) mass is 372 g/mol. The van der Waals surface area contributed by atoms with E-state index in [1.165, 1.54) is 0 Å². The molecule has 2 aromatic rings. The second kappa shape index (κ2) is 8.08. The topological polar surface area (TPSA) is 80.5 Å². The molecule has 1 aliphatic rings. The number of benzene rings is 1. The molecular weight excluding hydrogens is 344 g/mol. The quantitative estimate of drug-likeness (QED) is 0.868. The average Bonchev–Trinajstić information content (AvgIpc) is 3.12. The Morgan fingerprint density at radius 3 is 2.63 bits per heavy atom. The van der Waals surface area contributed by atoms with Crippen molar-refractivity contribution >= 4 is 11.6 Å². The van der Waals surface area contributed by atoms with Gasteiger partial charge in [0.05, 0.1) is 19.3 Å². The summed E-state index contributed by atoms with van der Waals surface area (Å²) in [5, 5.41) is 7.08. The number of nitrogens with one attached hydrogen (secondary N) is 1. The van der Waals surface area contributed by atoms with Crippen LogP contribution >= 0.6 is 0 Å². The zero-order valence-corrected chi connectivity index (χ0v) is 16.5. The van der Waals surface area contributed by atoms with Crippen LogP contribution in [0.1, 0.15) is 45.3 Å². The average molecular weight is 372 g/mol. The van der Waals surface area contributed by atoms with Gasteiger partial charge in [-0.3, -0.25) is 9.69 Å². The van der Waals surface area contributed by atoms with Crippen molar-refractivity contribution in [1.82, 2.24) is 15.0 Å². The Morgan fingerprint density at radius 1 is 1.30 bits per heavy atom. The number of aromatic nitrogens is 2. The second-order valence-electron chi connectivity index (χ2n) is 8.01. The van der Waals surface area contributed by atoms with Crippen LogP contribution in [0.25, 0.3) is 0 Å². The number of carbonyl (C=O) groups excluding carboxylic acids is 1. The van der Waals surface area contributed by atoms with Gasteiger partial charge in [-0.1, -0.05) is 38.1 Å². The highest BCUT2D eigenvalue weighted by Crippen LogP contribution is 2.26. The first-order valence-corrected chi connectivity index (χ1v) is 9.36. The summed E-state index contributed by atoms with van der Waals surface area (Å²) in [7, 11) is 1.60. The minimum Gasteiger partial charge on any atom is -0.495 e. The normalized spacial score (nSPS) is 16.3. The van der Waals surface area contributed by atoms with E-state index in [0.717, 1.165) is 25.9 Å². The number of likely N-dealkylation sites (tertiary alicyclic amines) is 1. The number of methoxy groups -OCH3 is 1. The van der Waals surface area contributed by atoms with E-state index in [1.54, 1.807) is 7.11 Å². The lowest BCUT2D eigenvalue weighted by atomic mass is 9.95. The Labute approximate surface area is 160 Å². The third-order valence-corrected chi connectivity index (χ3v) is 4.80. The third-order valence-electron chi connectivity index (χ3n) is 4.80. The Bertz CT molecular complexity index is 774. The lowest BCUT2D eigenvalue weighted by molar-refractivity contribution is -0.121. The molecule has 0 radical (unpaired) electrons. The van der Waals surface area contributed by atoms with E-state index >= 15 is 0 Å². The highest BCUT2D eigenvalue weighted by atomic mass is 16.5. The molecule has 0 bridgehead atoms. The molecule has 1 amide bonds. The Kier molecular flexibility index (Phi) is 5.79. The van der Waals surface area contributed by atoms with Gasteiger partial charge in [0.2, 0.25) is 11.8 Å². The standard InChI is InChI=1S/C20H28N4O3/c1-20(2,3)19-22-17(23-27-19)13-24-11-9-14(10-12-24)18(25)21-15-7-5-6-8-16(15)26-4/h5-8,14H,9-13H2,1-4H3,(H,21,25). The zero-order valence-electron chi connectivity index (χ0n) is 16.5. The molecule has 0 unspecified atom stereocenters. The maximum Gasteiger partial charge on any atom is 0.232 e. The van der Waals surface area contributed by atoms with E-state index in [1.807, 2.05) is 24.3 Å². The molecule has 1 aliphatic heterocycles. The Balaban J connectivity index is 1.51. The minimum atomic E-state index is -0.144. The second-order valence-corrected chi connectivity index (χ2v) is 8.01. The smallest absolute Gasteiger partial charge is 0.232 e. The zero-order chi connectivity index (χ0) is 19.4. The molecule has 27 heavy (non-hydrogen) atoms. The van der Waals surface area contributed by atoms with Gasteiger partial charge in [-0.15, -0.1) is 0 Å². The van der Waals surface area contributed by atoms with Gasteiger partial charge in [0, 0.05) is 11.3 Å². The molecule has 7 nitrogen and oxygen atoms in total. The molecule has 0 saturated carbocycles. The number of nitrogens with zero attached hydrogens (tertiary/aromatic N) is 3. The van der Waals surface area contributed by atoms with E-state index in [9.17, 15) is 4.79 Å². The molecule has 1 N–H and O–H groups in total. The van der Waals surface area contributed by atoms with Crippen LogP contribution in [0.15, 0.2) is 28.8 Å². The molecule has 7 heteroatoms. The highest BCUT2D eigenvalue weighted by Gasteiger charge is 2.27. The lowest BCUT2D eigenvalue weighted by Gasteiger charge is -2.30. The first kappa shape index (κ1) is 19.4. The fourth-order valence-electron chi connectivity index (χ4n) is 3.16. The maximum atomic E-state index is 12.6. The summed E-state index contributed by atoms with van der Waals surface area (Å²) in [6.45, 7) is 8.48. The maximum absolute atomic E-state index is 12.6. The van der Waals surface area contributed by atoms with Crippen molar-refractivity contribution in [2.75, 3.05) is 25.5 Å². The first-order valence-electron chi connectivity index (χ1n) is 9.36. The molecular formula is C20H28N4O3.